The highest BCUT2D eigenvalue weighted by Gasteiger charge is 2.06. The number of rotatable bonds is 5. The van der Waals surface area contributed by atoms with Crippen LogP contribution in [-0.4, -0.2) is 16.7 Å². The number of benzene rings is 1. The van der Waals surface area contributed by atoms with Crippen molar-refractivity contribution in [2.45, 2.75) is 33.7 Å². The van der Waals surface area contributed by atoms with Crippen molar-refractivity contribution in [2.24, 2.45) is 0 Å². The van der Waals surface area contributed by atoms with Gasteiger partial charge in [0.1, 0.15) is 0 Å². The molecule has 0 saturated heterocycles. The minimum atomic E-state index is 0.853. The summed E-state index contributed by atoms with van der Waals surface area (Å²) in [5, 5.41) is 10.9. The molecular weight excluding hydrogens is 222 g/mol. The van der Waals surface area contributed by atoms with Gasteiger partial charge in [-0.3, -0.25) is 5.10 Å². The number of hydrogen-bond donors (Lipinski definition) is 2. The van der Waals surface area contributed by atoms with Crippen molar-refractivity contribution in [3.63, 3.8) is 0 Å². The van der Waals surface area contributed by atoms with Crippen LogP contribution >= 0.6 is 0 Å². The number of aromatic nitrogens is 2. The zero-order valence-electron chi connectivity index (χ0n) is 11.4. The van der Waals surface area contributed by atoms with Crippen LogP contribution in [0.4, 0.5) is 0 Å². The van der Waals surface area contributed by atoms with E-state index < -0.39 is 0 Å². The van der Waals surface area contributed by atoms with E-state index in [-0.39, 0.29) is 0 Å². The number of hydrogen-bond acceptors (Lipinski definition) is 2. The van der Waals surface area contributed by atoms with Gasteiger partial charge in [-0.1, -0.05) is 30.7 Å². The summed E-state index contributed by atoms with van der Waals surface area (Å²) < 4.78 is 0. The normalized spacial score (nSPS) is 10.8. The minimum absolute atomic E-state index is 0.853. The predicted octanol–water partition coefficient (Wildman–Crippen LogP) is 3.19. The summed E-state index contributed by atoms with van der Waals surface area (Å²) in [6.07, 6.45) is 1.15. The van der Waals surface area contributed by atoms with E-state index >= 15 is 0 Å². The fraction of sp³-hybridized carbons (Fsp3) is 0.400. The molecular formula is C15H21N3. The Balaban J connectivity index is 2.13. The van der Waals surface area contributed by atoms with Crippen molar-refractivity contribution in [2.75, 3.05) is 6.54 Å². The first kappa shape index (κ1) is 12.8. The summed E-state index contributed by atoms with van der Waals surface area (Å²) in [5.74, 6) is 0. The van der Waals surface area contributed by atoms with Crippen molar-refractivity contribution in [1.82, 2.24) is 15.5 Å². The Morgan fingerprint density at radius 1 is 1.22 bits per heavy atom. The first-order chi connectivity index (χ1) is 8.70. The SMILES string of the molecule is CCCNCc1cc(-c2ccc(C)cc2C)n[nH]1. The number of nitrogens with zero attached hydrogens (tertiary/aromatic N) is 1. The second kappa shape index (κ2) is 5.83. The average Bonchev–Trinajstić information content (AvgIpc) is 2.78. The molecule has 18 heavy (non-hydrogen) atoms. The van der Waals surface area contributed by atoms with E-state index in [0.29, 0.717) is 0 Å². The van der Waals surface area contributed by atoms with E-state index in [1.165, 1.54) is 16.7 Å². The maximum atomic E-state index is 4.39. The molecule has 0 radical (unpaired) electrons. The fourth-order valence-electron chi connectivity index (χ4n) is 2.09. The zero-order valence-corrected chi connectivity index (χ0v) is 11.4. The highest BCUT2D eigenvalue weighted by atomic mass is 15.1. The lowest BCUT2D eigenvalue weighted by molar-refractivity contribution is 0.662. The Bertz CT molecular complexity index is 514. The van der Waals surface area contributed by atoms with Gasteiger partial charge in [0, 0.05) is 17.8 Å². The van der Waals surface area contributed by atoms with Gasteiger partial charge >= 0.3 is 0 Å². The summed E-state index contributed by atoms with van der Waals surface area (Å²) in [6.45, 7) is 8.30. The zero-order chi connectivity index (χ0) is 13.0. The summed E-state index contributed by atoms with van der Waals surface area (Å²) in [7, 11) is 0. The smallest absolute Gasteiger partial charge is 0.0926 e. The third kappa shape index (κ3) is 2.99. The summed E-state index contributed by atoms with van der Waals surface area (Å²) in [4.78, 5) is 0. The van der Waals surface area contributed by atoms with E-state index in [4.69, 9.17) is 0 Å². The van der Waals surface area contributed by atoms with Crippen LogP contribution in [0, 0.1) is 13.8 Å². The molecule has 0 fully saturated rings. The van der Waals surface area contributed by atoms with Gasteiger partial charge < -0.3 is 5.32 Å². The Morgan fingerprint density at radius 3 is 2.78 bits per heavy atom. The predicted molar refractivity (Wildman–Crippen MR) is 75.5 cm³/mol. The molecule has 1 aromatic carbocycles. The average molecular weight is 243 g/mol. The molecule has 0 atom stereocenters. The summed E-state index contributed by atoms with van der Waals surface area (Å²) >= 11 is 0. The quantitative estimate of drug-likeness (QED) is 0.792. The van der Waals surface area contributed by atoms with E-state index in [1.54, 1.807) is 0 Å². The van der Waals surface area contributed by atoms with E-state index in [1.807, 2.05) is 0 Å². The van der Waals surface area contributed by atoms with Crippen molar-refractivity contribution in [3.8, 4) is 11.3 Å². The molecule has 0 unspecified atom stereocenters. The third-order valence-corrected chi connectivity index (χ3v) is 3.03. The second-order valence-electron chi connectivity index (χ2n) is 4.77. The largest absolute Gasteiger partial charge is 0.311 e. The summed E-state index contributed by atoms with van der Waals surface area (Å²) in [5.41, 5.74) is 5.93. The molecule has 1 aromatic heterocycles. The molecule has 3 heteroatoms. The first-order valence-electron chi connectivity index (χ1n) is 6.53. The second-order valence-corrected chi connectivity index (χ2v) is 4.77. The lowest BCUT2D eigenvalue weighted by Gasteiger charge is -2.03. The van der Waals surface area contributed by atoms with Crippen molar-refractivity contribution in [1.29, 1.82) is 0 Å². The van der Waals surface area contributed by atoms with Crippen LogP contribution in [0.3, 0.4) is 0 Å². The topological polar surface area (TPSA) is 40.7 Å². The number of H-pyrrole nitrogens is 1. The fourth-order valence-corrected chi connectivity index (χ4v) is 2.09. The molecule has 0 aliphatic carbocycles. The molecule has 1 heterocycles. The highest BCUT2D eigenvalue weighted by Crippen LogP contribution is 2.22. The highest BCUT2D eigenvalue weighted by molar-refractivity contribution is 5.64. The van der Waals surface area contributed by atoms with Crippen LogP contribution in [0.15, 0.2) is 24.3 Å². The van der Waals surface area contributed by atoms with Gasteiger partial charge in [0.25, 0.3) is 0 Å². The lowest BCUT2D eigenvalue weighted by Crippen LogP contribution is -2.13. The number of nitrogens with one attached hydrogen (secondary N) is 2. The maximum Gasteiger partial charge on any atom is 0.0926 e. The van der Waals surface area contributed by atoms with Crippen LogP contribution in [0.25, 0.3) is 11.3 Å². The van der Waals surface area contributed by atoms with Gasteiger partial charge in [-0.2, -0.15) is 5.10 Å². The Kier molecular flexibility index (Phi) is 4.15. The van der Waals surface area contributed by atoms with Crippen molar-refractivity contribution < 1.29 is 0 Å². The van der Waals surface area contributed by atoms with Crippen molar-refractivity contribution in [3.05, 3.63) is 41.1 Å². The number of aryl methyl sites for hydroxylation is 2. The molecule has 3 nitrogen and oxygen atoms in total. The van der Waals surface area contributed by atoms with Crippen molar-refractivity contribution >= 4 is 0 Å². The number of aromatic amines is 1. The van der Waals surface area contributed by atoms with Crippen LogP contribution in [0.1, 0.15) is 30.2 Å². The molecule has 0 aliphatic rings. The monoisotopic (exact) mass is 243 g/mol. The van der Waals surface area contributed by atoms with E-state index in [9.17, 15) is 0 Å². The standard InChI is InChI=1S/C15H21N3/c1-4-7-16-10-13-9-15(18-17-13)14-6-5-11(2)8-12(14)3/h5-6,8-9,16H,4,7,10H2,1-3H3,(H,17,18). The van der Waals surface area contributed by atoms with Gasteiger partial charge in [0.2, 0.25) is 0 Å². The maximum absolute atomic E-state index is 4.39. The molecule has 0 aliphatic heterocycles. The van der Waals surface area contributed by atoms with Gasteiger partial charge in [-0.05, 0) is 38.4 Å². The first-order valence-corrected chi connectivity index (χ1v) is 6.53. The summed E-state index contributed by atoms with van der Waals surface area (Å²) in [6, 6.07) is 8.59. The van der Waals surface area contributed by atoms with Crippen LogP contribution in [0.5, 0.6) is 0 Å². The Morgan fingerprint density at radius 2 is 2.06 bits per heavy atom. The minimum Gasteiger partial charge on any atom is -0.311 e. The van der Waals surface area contributed by atoms with Gasteiger partial charge in [-0.25, -0.2) is 0 Å². The molecule has 0 spiro atoms. The third-order valence-electron chi connectivity index (χ3n) is 3.03. The molecule has 0 bridgehead atoms. The molecule has 0 amide bonds. The van der Waals surface area contributed by atoms with Crippen LogP contribution in [0.2, 0.25) is 0 Å². The van der Waals surface area contributed by atoms with Crippen LogP contribution in [-0.2, 0) is 6.54 Å². The lowest BCUT2D eigenvalue weighted by atomic mass is 10.0. The Labute approximate surface area is 109 Å². The van der Waals surface area contributed by atoms with E-state index in [0.717, 1.165) is 30.9 Å². The van der Waals surface area contributed by atoms with Gasteiger partial charge in [-0.15, -0.1) is 0 Å². The molecule has 0 saturated carbocycles. The van der Waals surface area contributed by atoms with Gasteiger partial charge in [0.15, 0.2) is 0 Å². The molecule has 2 rings (SSSR count). The molecule has 96 valence electrons. The van der Waals surface area contributed by atoms with Gasteiger partial charge in [0.05, 0.1) is 5.69 Å². The Hall–Kier alpha value is -1.61. The molecule has 2 aromatic rings. The molecule has 2 N–H and O–H groups in total. The van der Waals surface area contributed by atoms with E-state index in [2.05, 4.69) is 60.6 Å². The van der Waals surface area contributed by atoms with Crippen LogP contribution < -0.4 is 5.32 Å².